The van der Waals surface area contributed by atoms with Crippen LogP contribution in [0, 0.1) is 0 Å². The van der Waals surface area contributed by atoms with Crippen LogP contribution in [0.4, 0.5) is 17.2 Å². The number of fused-ring (bicyclic) bond motifs is 3. The quantitative estimate of drug-likeness (QED) is 0.271. The number of thiophene rings is 1. The number of hydrogen-bond donors (Lipinski definition) is 2. The summed E-state index contributed by atoms with van der Waals surface area (Å²) in [5.41, 5.74) is 4.78. The van der Waals surface area contributed by atoms with Gasteiger partial charge >= 0.3 is 0 Å². The molecule has 2 fully saturated rings. The maximum atomic E-state index is 13.8. The van der Waals surface area contributed by atoms with Crippen LogP contribution in [0.1, 0.15) is 28.8 Å². The van der Waals surface area contributed by atoms with Crippen molar-refractivity contribution in [2.45, 2.75) is 38.3 Å². The van der Waals surface area contributed by atoms with Crippen LogP contribution in [-0.4, -0.2) is 74.8 Å². The lowest BCUT2D eigenvalue weighted by Crippen LogP contribution is -2.56. The van der Waals surface area contributed by atoms with E-state index < -0.39 is 0 Å². The van der Waals surface area contributed by atoms with E-state index in [1.807, 2.05) is 30.5 Å². The number of nitrogens with one attached hydrogen (secondary N) is 1. The second kappa shape index (κ2) is 12.3. The smallest absolute Gasteiger partial charge is 0.289 e. The van der Waals surface area contributed by atoms with Crippen LogP contribution in [0.3, 0.4) is 0 Å². The number of aliphatic hydroxyl groups excluding tert-OH is 1. The molecule has 12 heteroatoms. The summed E-state index contributed by atoms with van der Waals surface area (Å²) in [6.45, 7) is 5.23. The van der Waals surface area contributed by atoms with Crippen molar-refractivity contribution in [2.24, 2.45) is 7.05 Å². The van der Waals surface area contributed by atoms with Crippen molar-refractivity contribution in [3.63, 3.8) is 0 Å². The van der Waals surface area contributed by atoms with Gasteiger partial charge in [-0.1, -0.05) is 12.1 Å². The number of benzene rings is 1. The Labute approximate surface area is 275 Å². The van der Waals surface area contributed by atoms with Gasteiger partial charge in [-0.15, -0.1) is 11.3 Å². The van der Waals surface area contributed by atoms with Crippen molar-refractivity contribution in [3.8, 4) is 16.8 Å². The highest BCUT2D eigenvalue weighted by Gasteiger charge is 2.29. The Hall–Kier alpha value is -4.36. The molecule has 2 N–H and O–H groups in total. The SMILES string of the molecule is Cn1cc(-c2cccc(-n3ncc4c5c(sc4c3=O)CCCC5)c2CO)cc(Nc2ccc(N3CCN(C4COC4)CC3)cn2)c1=O. The predicted molar refractivity (Wildman–Crippen MR) is 184 cm³/mol. The Bertz CT molecular complexity index is 2080. The number of ether oxygens (including phenoxy) is 1. The molecule has 5 aromatic rings. The predicted octanol–water partition coefficient (Wildman–Crippen LogP) is 3.84. The Morgan fingerprint density at radius 3 is 2.60 bits per heavy atom. The van der Waals surface area contributed by atoms with Gasteiger partial charge in [-0.25, -0.2) is 4.98 Å². The lowest BCUT2D eigenvalue weighted by atomic mass is 9.97. The molecule has 3 aliphatic rings. The van der Waals surface area contributed by atoms with Gasteiger partial charge in [-0.05, 0) is 61.1 Å². The second-order valence-corrected chi connectivity index (χ2v) is 13.7. The van der Waals surface area contributed by atoms with E-state index in [-0.39, 0.29) is 17.7 Å². The van der Waals surface area contributed by atoms with Gasteiger partial charge in [0, 0.05) is 60.8 Å². The lowest BCUT2D eigenvalue weighted by Gasteiger charge is -2.43. The van der Waals surface area contributed by atoms with Crippen molar-refractivity contribution in [2.75, 3.05) is 49.6 Å². The number of aliphatic hydroxyl groups is 1. The van der Waals surface area contributed by atoms with Gasteiger partial charge in [0.2, 0.25) is 0 Å². The zero-order chi connectivity index (χ0) is 32.1. The maximum Gasteiger partial charge on any atom is 0.289 e. The molecule has 47 heavy (non-hydrogen) atoms. The average Bonchev–Trinajstić information content (AvgIpc) is 3.46. The van der Waals surface area contributed by atoms with Gasteiger partial charge in [0.1, 0.15) is 16.2 Å². The fraction of sp³-hybridized carbons (Fsp3) is 0.371. The molecule has 1 aromatic carbocycles. The van der Waals surface area contributed by atoms with Crippen LogP contribution in [-0.2, 0) is 31.2 Å². The van der Waals surface area contributed by atoms with E-state index in [1.165, 1.54) is 19.7 Å². The molecular weight excluding hydrogens is 614 g/mol. The summed E-state index contributed by atoms with van der Waals surface area (Å²) in [5.74, 6) is 0.562. The summed E-state index contributed by atoms with van der Waals surface area (Å²) < 4.78 is 8.97. The highest BCUT2D eigenvalue weighted by molar-refractivity contribution is 7.19. The summed E-state index contributed by atoms with van der Waals surface area (Å²) in [6.07, 6.45) is 9.64. The van der Waals surface area contributed by atoms with Crippen LogP contribution < -0.4 is 21.3 Å². The summed E-state index contributed by atoms with van der Waals surface area (Å²) in [6, 6.07) is 11.8. The number of piperazine rings is 1. The maximum absolute atomic E-state index is 13.8. The van der Waals surface area contributed by atoms with Gasteiger partial charge in [-0.2, -0.15) is 9.78 Å². The molecule has 6 heterocycles. The Kier molecular flexibility index (Phi) is 7.88. The largest absolute Gasteiger partial charge is 0.392 e. The highest BCUT2D eigenvalue weighted by atomic mass is 32.1. The fourth-order valence-electron chi connectivity index (χ4n) is 7.04. The molecule has 2 aliphatic heterocycles. The third-order valence-corrected chi connectivity index (χ3v) is 11.1. The van der Waals surface area contributed by atoms with E-state index in [2.05, 4.69) is 25.2 Å². The first-order chi connectivity index (χ1) is 23.0. The van der Waals surface area contributed by atoms with Crippen LogP contribution in [0.15, 0.2) is 64.6 Å². The molecule has 11 nitrogen and oxygen atoms in total. The number of anilines is 3. The first kappa shape index (κ1) is 30.0. The minimum absolute atomic E-state index is 0.180. The van der Waals surface area contributed by atoms with E-state index >= 15 is 0 Å². The molecule has 4 aromatic heterocycles. The van der Waals surface area contributed by atoms with Crippen LogP contribution in [0.5, 0.6) is 0 Å². The molecule has 0 amide bonds. The summed E-state index contributed by atoms with van der Waals surface area (Å²) >= 11 is 1.57. The minimum atomic E-state index is -0.310. The van der Waals surface area contributed by atoms with Crippen molar-refractivity contribution < 1.29 is 9.84 Å². The molecule has 0 spiro atoms. The van der Waals surface area contributed by atoms with Gasteiger partial charge in [0.15, 0.2) is 0 Å². The third kappa shape index (κ3) is 5.44. The zero-order valence-electron chi connectivity index (χ0n) is 26.3. The average molecular weight is 652 g/mol. The summed E-state index contributed by atoms with van der Waals surface area (Å²) in [5, 5.41) is 19.4. The van der Waals surface area contributed by atoms with Gasteiger partial charge < -0.3 is 24.6 Å². The molecule has 8 rings (SSSR count). The summed E-state index contributed by atoms with van der Waals surface area (Å²) in [4.78, 5) is 37.7. The topological polar surface area (TPSA) is 118 Å². The Morgan fingerprint density at radius 1 is 1.02 bits per heavy atom. The normalized spacial score (nSPS) is 17.1. The molecule has 242 valence electrons. The monoisotopic (exact) mass is 651 g/mol. The second-order valence-electron chi connectivity index (χ2n) is 12.6. The third-order valence-electron chi connectivity index (χ3n) is 9.76. The molecule has 0 bridgehead atoms. The number of pyridine rings is 2. The molecular formula is C35H37N7O4S. The van der Waals surface area contributed by atoms with Crippen LogP contribution >= 0.6 is 11.3 Å². The lowest BCUT2D eigenvalue weighted by molar-refractivity contribution is -0.0660. The number of aromatic nitrogens is 4. The van der Waals surface area contributed by atoms with Gasteiger partial charge in [-0.3, -0.25) is 14.5 Å². The van der Waals surface area contributed by atoms with Crippen LogP contribution in [0.2, 0.25) is 0 Å². The summed E-state index contributed by atoms with van der Waals surface area (Å²) in [7, 11) is 1.70. The number of rotatable bonds is 7. The van der Waals surface area contributed by atoms with Crippen LogP contribution in [0.25, 0.3) is 26.9 Å². The first-order valence-electron chi connectivity index (χ1n) is 16.2. The van der Waals surface area contributed by atoms with E-state index in [0.29, 0.717) is 44.6 Å². The number of hydrogen-bond acceptors (Lipinski definition) is 10. The zero-order valence-corrected chi connectivity index (χ0v) is 27.1. The minimum Gasteiger partial charge on any atom is -0.392 e. The standard InChI is InChI=1S/C35H37N7O4S/c1-39-18-22(15-29(34(39)44)38-32-10-9-23(16-36-32)40-11-13-41(14-12-40)24-20-46-21-24)25-6-4-7-30(28(25)19-43)42-35(45)33-27(17-37-42)26-5-2-3-8-31(26)47-33/h4,6-7,9-10,15-18,24,43H,2-3,5,8,11-14,19-21H2,1H3,(H,36,38). The van der Waals surface area contributed by atoms with E-state index in [4.69, 9.17) is 4.74 Å². The molecule has 2 saturated heterocycles. The number of aryl methyl sites for hydroxylation is 3. The Morgan fingerprint density at radius 2 is 1.85 bits per heavy atom. The van der Waals surface area contributed by atoms with Gasteiger partial charge in [0.25, 0.3) is 11.1 Å². The molecule has 0 saturated carbocycles. The fourth-order valence-corrected chi connectivity index (χ4v) is 8.33. The first-order valence-corrected chi connectivity index (χ1v) is 17.1. The van der Waals surface area contributed by atoms with E-state index in [1.54, 1.807) is 42.9 Å². The van der Waals surface area contributed by atoms with Crippen molar-refractivity contribution >= 4 is 38.6 Å². The van der Waals surface area contributed by atoms with Crippen molar-refractivity contribution in [1.29, 1.82) is 0 Å². The molecule has 0 unspecified atom stereocenters. The van der Waals surface area contributed by atoms with E-state index in [0.717, 1.165) is 76.1 Å². The molecule has 0 radical (unpaired) electrons. The molecule has 0 atom stereocenters. The Balaban J connectivity index is 1.07. The number of nitrogens with zero attached hydrogens (tertiary/aromatic N) is 6. The highest BCUT2D eigenvalue weighted by Crippen LogP contribution is 2.35. The van der Waals surface area contributed by atoms with E-state index in [9.17, 15) is 14.7 Å². The molecule has 1 aliphatic carbocycles. The van der Waals surface area contributed by atoms with Gasteiger partial charge in [0.05, 0.1) is 49.6 Å². The van der Waals surface area contributed by atoms with Crippen molar-refractivity contribution in [3.05, 3.63) is 91.7 Å². The van der Waals surface area contributed by atoms with Crippen molar-refractivity contribution in [1.82, 2.24) is 24.2 Å².